The van der Waals surface area contributed by atoms with E-state index in [0.717, 1.165) is 12.0 Å². The summed E-state index contributed by atoms with van der Waals surface area (Å²) < 4.78 is 5.02. The monoisotopic (exact) mass is 251 g/mol. The van der Waals surface area contributed by atoms with Crippen molar-refractivity contribution in [2.24, 2.45) is 5.73 Å². The van der Waals surface area contributed by atoms with Crippen molar-refractivity contribution < 1.29 is 9.53 Å². The Labute approximate surface area is 108 Å². The Morgan fingerprint density at radius 2 is 2.28 bits per heavy atom. The smallest absolute Gasteiger partial charge is 0.272 e. The summed E-state index contributed by atoms with van der Waals surface area (Å²) in [5.41, 5.74) is 6.88. The number of methoxy groups -OCH3 is 1. The number of aryl methyl sites for hydroxylation is 1. The SMILES string of the molecule is COCCN(CCCN)C(=O)c1ncccc1C. The number of pyridine rings is 1. The Bertz CT molecular complexity index is 374. The zero-order valence-corrected chi connectivity index (χ0v) is 11.1. The highest BCUT2D eigenvalue weighted by atomic mass is 16.5. The summed E-state index contributed by atoms with van der Waals surface area (Å²) in [6.45, 7) is 4.16. The molecular weight excluding hydrogens is 230 g/mol. The molecule has 0 fully saturated rings. The topological polar surface area (TPSA) is 68.5 Å². The van der Waals surface area contributed by atoms with Crippen LogP contribution in [0.4, 0.5) is 0 Å². The largest absolute Gasteiger partial charge is 0.383 e. The van der Waals surface area contributed by atoms with Gasteiger partial charge in [0.25, 0.3) is 5.91 Å². The van der Waals surface area contributed by atoms with Crippen LogP contribution in [0.5, 0.6) is 0 Å². The zero-order valence-electron chi connectivity index (χ0n) is 11.1. The molecule has 0 aliphatic heterocycles. The number of nitrogens with two attached hydrogens (primary N) is 1. The minimum absolute atomic E-state index is 0.0569. The van der Waals surface area contributed by atoms with Crippen molar-refractivity contribution in [2.75, 3.05) is 33.4 Å². The van der Waals surface area contributed by atoms with Gasteiger partial charge in [-0.25, -0.2) is 0 Å². The van der Waals surface area contributed by atoms with Gasteiger partial charge < -0.3 is 15.4 Å². The van der Waals surface area contributed by atoms with E-state index in [0.29, 0.717) is 31.9 Å². The lowest BCUT2D eigenvalue weighted by Crippen LogP contribution is -2.36. The molecule has 0 aliphatic carbocycles. The van der Waals surface area contributed by atoms with Crippen LogP contribution in [0.25, 0.3) is 0 Å². The van der Waals surface area contributed by atoms with E-state index in [4.69, 9.17) is 10.5 Å². The lowest BCUT2D eigenvalue weighted by molar-refractivity contribution is 0.0688. The van der Waals surface area contributed by atoms with E-state index in [1.165, 1.54) is 0 Å². The molecule has 0 aliphatic rings. The van der Waals surface area contributed by atoms with Crippen LogP contribution in [-0.2, 0) is 4.74 Å². The molecule has 1 rings (SSSR count). The molecule has 5 heteroatoms. The van der Waals surface area contributed by atoms with Crippen LogP contribution in [0.1, 0.15) is 22.5 Å². The van der Waals surface area contributed by atoms with Gasteiger partial charge in [-0.2, -0.15) is 0 Å². The van der Waals surface area contributed by atoms with Gasteiger partial charge in [0.2, 0.25) is 0 Å². The Morgan fingerprint density at radius 1 is 1.50 bits per heavy atom. The molecule has 0 bridgehead atoms. The number of ether oxygens (including phenoxy) is 1. The summed E-state index contributed by atoms with van der Waals surface area (Å²) in [5, 5.41) is 0. The van der Waals surface area contributed by atoms with E-state index in [1.807, 2.05) is 19.1 Å². The molecule has 5 nitrogen and oxygen atoms in total. The molecule has 1 aromatic heterocycles. The quantitative estimate of drug-likeness (QED) is 0.779. The number of nitrogens with zero attached hydrogens (tertiary/aromatic N) is 2. The predicted octanol–water partition coefficient (Wildman–Crippen LogP) is 0.827. The number of aromatic nitrogens is 1. The molecule has 18 heavy (non-hydrogen) atoms. The van der Waals surface area contributed by atoms with Gasteiger partial charge in [-0.15, -0.1) is 0 Å². The fourth-order valence-corrected chi connectivity index (χ4v) is 1.66. The lowest BCUT2D eigenvalue weighted by Gasteiger charge is -2.22. The molecule has 0 atom stereocenters. The third-order valence-corrected chi connectivity index (χ3v) is 2.70. The van der Waals surface area contributed by atoms with E-state index in [9.17, 15) is 4.79 Å². The summed E-state index contributed by atoms with van der Waals surface area (Å²) in [6, 6.07) is 3.71. The van der Waals surface area contributed by atoms with E-state index >= 15 is 0 Å². The number of rotatable bonds is 7. The van der Waals surface area contributed by atoms with E-state index in [2.05, 4.69) is 4.98 Å². The first-order chi connectivity index (χ1) is 8.70. The lowest BCUT2D eigenvalue weighted by atomic mass is 10.2. The summed E-state index contributed by atoms with van der Waals surface area (Å²) >= 11 is 0. The minimum Gasteiger partial charge on any atom is -0.383 e. The highest BCUT2D eigenvalue weighted by Crippen LogP contribution is 2.08. The van der Waals surface area contributed by atoms with Gasteiger partial charge in [-0.1, -0.05) is 6.07 Å². The van der Waals surface area contributed by atoms with Crippen LogP contribution in [-0.4, -0.2) is 49.1 Å². The van der Waals surface area contributed by atoms with E-state index < -0.39 is 0 Å². The first-order valence-electron chi connectivity index (χ1n) is 6.10. The highest BCUT2D eigenvalue weighted by Gasteiger charge is 2.17. The summed E-state index contributed by atoms with van der Waals surface area (Å²) in [7, 11) is 1.62. The molecule has 100 valence electrons. The fraction of sp³-hybridized carbons (Fsp3) is 0.538. The standard InChI is InChI=1S/C13H21N3O2/c1-11-5-3-7-15-12(11)13(17)16(8-4-6-14)9-10-18-2/h3,5,7H,4,6,8-10,14H2,1-2H3. The third-order valence-electron chi connectivity index (χ3n) is 2.70. The second-order valence-corrected chi connectivity index (χ2v) is 4.10. The third kappa shape index (κ3) is 4.09. The van der Waals surface area contributed by atoms with Crippen molar-refractivity contribution >= 4 is 5.91 Å². The van der Waals surface area contributed by atoms with Crippen molar-refractivity contribution in [3.8, 4) is 0 Å². The Morgan fingerprint density at radius 3 is 2.89 bits per heavy atom. The predicted molar refractivity (Wildman–Crippen MR) is 70.4 cm³/mol. The molecule has 0 unspecified atom stereocenters. The molecule has 1 heterocycles. The van der Waals surface area contributed by atoms with Crippen LogP contribution in [0.15, 0.2) is 18.3 Å². The van der Waals surface area contributed by atoms with Gasteiger partial charge in [0.1, 0.15) is 5.69 Å². The van der Waals surface area contributed by atoms with Crippen molar-refractivity contribution in [1.82, 2.24) is 9.88 Å². The maximum atomic E-state index is 12.3. The second kappa shape index (κ2) is 7.79. The molecule has 0 spiro atoms. The minimum atomic E-state index is -0.0569. The Balaban J connectivity index is 2.77. The van der Waals surface area contributed by atoms with Crippen LogP contribution in [0.2, 0.25) is 0 Å². The molecule has 2 N–H and O–H groups in total. The summed E-state index contributed by atoms with van der Waals surface area (Å²) in [4.78, 5) is 18.2. The molecular formula is C13H21N3O2. The first-order valence-corrected chi connectivity index (χ1v) is 6.10. The molecule has 0 saturated heterocycles. The van der Waals surface area contributed by atoms with Crippen molar-refractivity contribution in [1.29, 1.82) is 0 Å². The van der Waals surface area contributed by atoms with Crippen molar-refractivity contribution in [2.45, 2.75) is 13.3 Å². The molecule has 0 saturated carbocycles. The number of hydrogen-bond donors (Lipinski definition) is 1. The first kappa shape index (κ1) is 14.6. The van der Waals surface area contributed by atoms with Gasteiger partial charge in [0, 0.05) is 26.4 Å². The van der Waals surface area contributed by atoms with Crippen molar-refractivity contribution in [3.05, 3.63) is 29.6 Å². The fourth-order valence-electron chi connectivity index (χ4n) is 1.66. The van der Waals surface area contributed by atoms with Crippen molar-refractivity contribution in [3.63, 3.8) is 0 Å². The van der Waals surface area contributed by atoms with E-state index in [1.54, 1.807) is 18.2 Å². The van der Waals surface area contributed by atoms with Gasteiger partial charge >= 0.3 is 0 Å². The van der Waals surface area contributed by atoms with Crippen LogP contribution in [0, 0.1) is 6.92 Å². The van der Waals surface area contributed by atoms with Gasteiger partial charge in [-0.05, 0) is 31.5 Å². The number of hydrogen-bond acceptors (Lipinski definition) is 4. The molecule has 0 aromatic carbocycles. The maximum Gasteiger partial charge on any atom is 0.272 e. The highest BCUT2D eigenvalue weighted by molar-refractivity contribution is 5.93. The second-order valence-electron chi connectivity index (χ2n) is 4.10. The normalized spacial score (nSPS) is 10.4. The zero-order chi connectivity index (χ0) is 13.4. The Kier molecular flexibility index (Phi) is 6.32. The average molecular weight is 251 g/mol. The van der Waals surface area contributed by atoms with Crippen LogP contribution < -0.4 is 5.73 Å². The number of amides is 1. The maximum absolute atomic E-state index is 12.3. The van der Waals surface area contributed by atoms with Gasteiger partial charge in [0.15, 0.2) is 0 Å². The average Bonchev–Trinajstić information content (AvgIpc) is 2.39. The molecule has 0 radical (unpaired) electrons. The number of carbonyl (C=O) groups is 1. The number of carbonyl (C=O) groups excluding carboxylic acids is 1. The molecule has 1 amide bonds. The van der Waals surface area contributed by atoms with Crippen LogP contribution >= 0.6 is 0 Å². The molecule has 1 aromatic rings. The van der Waals surface area contributed by atoms with E-state index in [-0.39, 0.29) is 5.91 Å². The van der Waals surface area contributed by atoms with Gasteiger partial charge in [0.05, 0.1) is 6.61 Å². The van der Waals surface area contributed by atoms with Gasteiger partial charge in [-0.3, -0.25) is 9.78 Å². The summed E-state index contributed by atoms with van der Waals surface area (Å²) in [6.07, 6.45) is 2.42. The Hall–Kier alpha value is -1.46. The van der Waals surface area contributed by atoms with Crippen LogP contribution in [0.3, 0.4) is 0 Å². The summed E-state index contributed by atoms with van der Waals surface area (Å²) in [5.74, 6) is -0.0569.